The highest BCUT2D eigenvalue weighted by molar-refractivity contribution is 5.48. The Hall–Kier alpha value is -1.28. The summed E-state index contributed by atoms with van der Waals surface area (Å²) in [5, 5.41) is 3.33. The van der Waals surface area contributed by atoms with Gasteiger partial charge in [-0.05, 0) is 43.7 Å². The molecule has 2 heterocycles. The molecule has 0 spiro atoms. The van der Waals surface area contributed by atoms with Gasteiger partial charge in [-0.2, -0.15) is 0 Å². The Balaban J connectivity index is 0.000000741. The number of hydrogen-bond donors (Lipinski definition) is 1. The Bertz CT molecular complexity index is 428. The molecular formula is C17H30N2. The van der Waals surface area contributed by atoms with Crippen molar-refractivity contribution in [3.63, 3.8) is 0 Å². The lowest BCUT2D eigenvalue weighted by Gasteiger charge is -2.13. The number of aromatic nitrogens is 1. The lowest BCUT2D eigenvalue weighted by Crippen LogP contribution is -2.26. The minimum absolute atomic E-state index is 0.581. The van der Waals surface area contributed by atoms with Crippen molar-refractivity contribution in [2.45, 2.75) is 53.5 Å². The van der Waals surface area contributed by atoms with Crippen LogP contribution in [0.25, 0.3) is 5.52 Å². The third kappa shape index (κ3) is 5.48. The van der Waals surface area contributed by atoms with Crippen molar-refractivity contribution in [2.75, 3.05) is 7.05 Å². The van der Waals surface area contributed by atoms with Crippen LogP contribution in [0.4, 0.5) is 0 Å². The standard InChI is InChI=1S/C13H18N2.2C2H6/c1-3-12(14-2)9-11-6-7-13-5-4-8-15(13)10-11;2*1-2/h4-8,10,12,14H,3,9H2,1-2H3;2*1-2H3. The molecule has 2 nitrogen and oxygen atoms in total. The van der Waals surface area contributed by atoms with Crippen molar-refractivity contribution in [1.29, 1.82) is 0 Å². The summed E-state index contributed by atoms with van der Waals surface area (Å²) in [6.45, 7) is 10.2. The zero-order chi connectivity index (χ0) is 14.7. The summed E-state index contributed by atoms with van der Waals surface area (Å²) in [4.78, 5) is 0. The molecule has 0 amide bonds. The van der Waals surface area contributed by atoms with E-state index in [4.69, 9.17) is 0 Å². The van der Waals surface area contributed by atoms with Crippen LogP contribution in [0, 0.1) is 0 Å². The zero-order valence-electron chi connectivity index (χ0n) is 13.4. The van der Waals surface area contributed by atoms with Crippen molar-refractivity contribution in [2.24, 2.45) is 0 Å². The van der Waals surface area contributed by atoms with E-state index in [1.165, 1.54) is 17.5 Å². The molecule has 0 saturated heterocycles. The fourth-order valence-corrected chi connectivity index (χ4v) is 1.94. The molecular weight excluding hydrogens is 232 g/mol. The van der Waals surface area contributed by atoms with Crippen LogP contribution in [-0.4, -0.2) is 17.5 Å². The van der Waals surface area contributed by atoms with E-state index in [2.05, 4.69) is 53.3 Å². The van der Waals surface area contributed by atoms with Gasteiger partial charge in [0.25, 0.3) is 0 Å². The monoisotopic (exact) mass is 262 g/mol. The maximum atomic E-state index is 3.33. The average Bonchev–Trinajstić information content (AvgIpc) is 2.96. The lowest BCUT2D eigenvalue weighted by atomic mass is 10.1. The first kappa shape index (κ1) is 17.7. The molecule has 1 atom stereocenters. The molecule has 0 bridgehead atoms. The van der Waals surface area contributed by atoms with Crippen molar-refractivity contribution >= 4 is 5.52 Å². The number of hydrogen-bond acceptors (Lipinski definition) is 1. The van der Waals surface area contributed by atoms with Crippen molar-refractivity contribution in [1.82, 2.24) is 9.72 Å². The molecule has 0 aliphatic rings. The number of nitrogens with one attached hydrogen (secondary N) is 1. The van der Waals surface area contributed by atoms with Gasteiger partial charge in [0.1, 0.15) is 0 Å². The number of nitrogens with zero attached hydrogens (tertiary/aromatic N) is 1. The molecule has 0 radical (unpaired) electrons. The molecule has 2 heteroatoms. The molecule has 19 heavy (non-hydrogen) atoms. The first-order chi connectivity index (χ1) is 9.33. The van der Waals surface area contributed by atoms with Crippen LogP contribution in [0.5, 0.6) is 0 Å². The minimum atomic E-state index is 0.581. The second-order valence-corrected chi connectivity index (χ2v) is 3.98. The molecule has 1 N–H and O–H groups in total. The van der Waals surface area contributed by atoms with E-state index in [0.717, 1.165) is 6.42 Å². The van der Waals surface area contributed by atoms with Gasteiger partial charge in [0.05, 0.1) is 0 Å². The third-order valence-corrected chi connectivity index (χ3v) is 2.97. The first-order valence-corrected chi connectivity index (χ1v) is 7.56. The molecule has 1 unspecified atom stereocenters. The van der Waals surface area contributed by atoms with Crippen molar-refractivity contribution in [3.8, 4) is 0 Å². The summed E-state index contributed by atoms with van der Waals surface area (Å²) < 4.78 is 2.18. The molecule has 2 aromatic rings. The van der Waals surface area contributed by atoms with Gasteiger partial charge < -0.3 is 9.72 Å². The van der Waals surface area contributed by atoms with E-state index >= 15 is 0 Å². The predicted molar refractivity (Wildman–Crippen MR) is 86.9 cm³/mol. The van der Waals surface area contributed by atoms with Crippen LogP contribution in [0.15, 0.2) is 36.7 Å². The summed E-state index contributed by atoms with van der Waals surface area (Å²) in [7, 11) is 2.03. The summed E-state index contributed by atoms with van der Waals surface area (Å²) in [5.74, 6) is 0. The molecule has 0 aliphatic heterocycles. The molecule has 0 fully saturated rings. The summed E-state index contributed by atoms with van der Waals surface area (Å²) in [6, 6.07) is 9.18. The van der Waals surface area contributed by atoms with Crippen LogP contribution in [0.1, 0.15) is 46.6 Å². The average molecular weight is 262 g/mol. The molecule has 108 valence electrons. The Labute approximate surface area is 118 Å². The van der Waals surface area contributed by atoms with Gasteiger partial charge in [0, 0.05) is 24.0 Å². The van der Waals surface area contributed by atoms with Gasteiger partial charge in [-0.15, -0.1) is 0 Å². The van der Waals surface area contributed by atoms with Crippen LogP contribution >= 0.6 is 0 Å². The van der Waals surface area contributed by atoms with Crippen molar-refractivity contribution in [3.05, 3.63) is 42.2 Å². The maximum Gasteiger partial charge on any atom is 0.0450 e. The number of rotatable bonds is 4. The number of likely N-dealkylation sites (N-methyl/N-ethyl adjacent to an activating group) is 1. The van der Waals surface area contributed by atoms with Gasteiger partial charge in [0.2, 0.25) is 0 Å². The highest BCUT2D eigenvalue weighted by Gasteiger charge is 2.04. The SMILES string of the molecule is CC.CC.CCC(Cc1ccc2cccn2c1)NC. The Kier molecular flexibility index (Phi) is 9.91. The maximum absolute atomic E-state index is 3.33. The van der Waals surface area contributed by atoms with Crippen molar-refractivity contribution < 1.29 is 0 Å². The number of pyridine rings is 1. The Morgan fingerprint density at radius 3 is 2.37 bits per heavy atom. The fraction of sp³-hybridized carbons (Fsp3) is 0.529. The first-order valence-electron chi connectivity index (χ1n) is 7.56. The normalized spacial score (nSPS) is 11.1. The van der Waals surface area contributed by atoms with Gasteiger partial charge in [-0.25, -0.2) is 0 Å². The summed E-state index contributed by atoms with van der Waals surface area (Å²) in [6.07, 6.45) is 6.58. The van der Waals surface area contributed by atoms with E-state index < -0.39 is 0 Å². The smallest absolute Gasteiger partial charge is 0.0450 e. The largest absolute Gasteiger partial charge is 0.324 e. The molecule has 0 aromatic carbocycles. The van der Waals surface area contributed by atoms with E-state index in [0.29, 0.717) is 6.04 Å². The van der Waals surface area contributed by atoms with E-state index in [-0.39, 0.29) is 0 Å². The van der Waals surface area contributed by atoms with E-state index in [1.807, 2.05) is 34.7 Å². The van der Waals surface area contributed by atoms with Gasteiger partial charge in [-0.1, -0.05) is 40.7 Å². The van der Waals surface area contributed by atoms with Crippen LogP contribution in [-0.2, 0) is 6.42 Å². The molecule has 0 saturated carbocycles. The fourth-order valence-electron chi connectivity index (χ4n) is 1.94. The van der Waals surface area contributed by atoms with Gasteiger partial charge >= 0.3 is 0 Å². The van der Waals surface area contributed by atoms with Crippen LogP contribution < -0.4 is 5.32 Å². The summed E-state index contributed by atoms with van der Waals surface area (Å²) in [5.41, 5.74) is 2.65. The van der Waals surface area contributed by atoms with E-state index in [1.54, 1.807) is 0 Å². The number of fused-ring (bicyclic) bond motifs is 1. The summed E-state index contributed by atoms with van der Waals surface area (Å²) >= 11 is 0. The Morgan fingerprint density at radius 2 is 1.79 bits per heavy atom. The van der Waals surface area contributed by atoms with Gasteiger partial charge in [-0.3, -0.25) is 0 Å². The second kappa shape index (κ2) is 10.6. The highest BCUT2D eigenvalue weighted by Crippen LogP contribution is 2.10. The topological polar surface area (TPSA) is 16.4 Å². The van der Waals surface area contributed by atoms with E-state index in [9.17, 15) is 0 Å². The minimum Gasteiger partial charge on any atom is -0.324 e. The molecule has 2 rings (SSSR count). The van der Waals surface area contributed by atoms with Crippen LogP contribution in [0.3, 0.4) is 0 Å². The van der Waals surface area contributed by atoms with Gasteiger partial charge in [0.15, 0.2) is 0 Å². The second-order valence-electron chi connectivity index (χ2n) is 3.98. The lowest BCUT2D eigenvalue weighted by molar-refractivity contribution is 0.542. The van der Waals surface area contributed by atoms with Crippen LogP contribution in [0.2, 0.25) is 0 Å². The molecule has 0 aliphatic carbocycles. The predicted octanol–water partition coefficient (Wildman–Crippen LogP) is 4.53. The quantitative estimate of drug-likeness (QED) is 0.856. The molecule has 2 aromatic heterocycles. The highest BCUT2D eigenvalue weighted by atomic mass is 14.9. The Morgan fingerprint density at radius 1 is 1.11 bits per heavy atom. The zero-order valence-corrected chi connectivity index (χ0v) is 13.4. The third-order valence-electron chi connectivity index (χ3n) is 2.97.